The Hall–Kier alpha value is -10.1. The number of halogens is 6. The second-order valence-corrected chi connectivity index (χ2v) is 31.0. The predicted octanol–water partition coefficient (Wildman–Crippen LogP) is 18.2. The highest BCUT2D eigenvalue weighted by Crippen LogP contribution is 2.38. The highest BCUT2D eigenvalue weighted by atomic mass is 32.2. The molecule has 0 amide bonds. The lowest BCUT2D eigenvalue weighted by Gasteiger charge is -2.28. The fraction of sp³-hybridized carbons (Fsp3) is 0.231. The Morgan fingerprint density at radius 2 is 0.920 bits per heavy atom. The summed E-state index contributed by atoms with van der Waals surface area (Å²) in [5.74, 6) is -4.32. The molecule has 0 saturated heterocycles. The van der Waals surface area contributed by atoms with Gasteiger partial charge >= 0.3 is 12.1 Å². The van der Waals surface area contributed by atoms with E-state index in [0.29, 0.717) is 24.5 Å². The first-order valence-electron chi connectivity index (χ1n) is 32.6. The van der Waals surface area contributed by atoms with Crippen LogP contribution in [0.4, 0.5) is 26.3 Å². The molecule has 0 aliphatic heterocycles. The number of hydrogen-bond donors (Lipinski definition) is 3. The molecule has 3 heterocycles. The van der Waals surface area contributed by atoms with Crippen molar-refractivity contribution in [1.82, 2.24) is 34.1 Å². The number of carbonyl (C=O) groups is 1. The van der Waals surface area contributed by atoms with E-state index in [-0.39, 0.29) is 41.8 Å². The highest BCUT2D eigenvalue weighted by molar-refractivity contribution is 7.89. The fourth-order valence-corrected chi connectivity index (χ4v) is 13.6. The summed E-state index contributed by atoms with van der Waals surface area (Å²) in [4.78, 5) is 12.0. The van der Waals surface area contributed by atoms with Gasteiger partial charge in [0.15, 0.2) is 5.75 Å². The summed E-state index contributed by atoms with van der Waals surface area (Å²) in [6, 6.07) is 64.5. The average molecular weight is 1400 g/mol. The zero-order chi connectivity index (χ0) is 71.7. The SMILES string of the molecule is CC/C=C(/OC)O[Si](C)(C)C.CCC(C(=O)O)C(c1ccccc1)c1ccc2c(cnn2-c2ccc(F)cc2)c1.CCC(CNS(=O)(=O)CC(F)(F)F)C(c1ccccc1)c1ccc2c(cnn2-c2ccc(F)cc2)c1.OC(c1ccccc1)c1ccc2c(cnn2-c2ccc(F)cc2)c1. The van der Waals surface area contributed by atoms with Crippen molar-refractivity contribution in [2.24, 2.45) is 11.8 Å². The number of methoxy groups -OCH3 is 1. The molecule has 0 bridgehead atoms. The number of rotatable bonds is 22. The Bertz CT molecular complexity index is 4770. The van der Waals surface area contributed by atoms with Crippen LogP contribution < -0.4 is 4.72 Å². The number of nitrogens with zero attached hydrogens (tertiary/aromatic N) is 6. The van der Waals surface area contributed by atoms with E-state index in [4.69, 9.17) is 9.16 Å². The number of carboxylic acids is 1. The van der Waals surface area contributed by atoms with Gasteiger partial charge in [-0.2, -0.15) is 28.5 Å². The van der Waals surface area contributed by atoms with Crippen molar-refractivity contribution in [2.45, 2.75) is 83.8 Å². The molecule has 5 atom stereocenters. The van der Waals surface area contributed by atoms with Crippen LogP contribution in [0.15, 0.2) is 249 Å². The van der Waals surface area contributed by atoms with Crippen LogP contribution in [0.25, 0.3) is 49.8 Å². The van der Waals surface area contributed by atoms with Crippen molar-refractivity contribution in [3.8, 4) is 17.1 Å². The molecule has 14 nitrogen and oxygen atoms in total. The normalized spacial score (nSPS) is 13.4. The average Bonchev–Trinajstić information content (AvgIpc) is 1.56. The van der Waals surface area contributed by atoms with Gasteiger partial charge in [-0.3, -0.25) is 4.79 Å². The van der Waals surface area contributed by atoms with Crippen LogP contribution in [-0.4, -0.2) is 87.8 Å². The van der Waals surface area contributed by atoms with Crippen molar-refractivity contribution < 1.29 is 58.9 Å². The third-order valence-electron chi connectivity index (χ3n) is 16.5. The lowest BCUT2D eigenvalue weighted by atomic mass is 9.79. The van der Waals surface area contributed by atoms with Gasteiger partial charge in [-0.25, -0.2) is 40.4 Å². The first-order valence-corrected chi connectivity index (χ1v) is 37.7. The predicted molar refractivity (Wildman–Crippen MR) is 383 cm³/mol. The molecule has 520 valence electrons. The first-order chi connectivity index (χ1) is 47.9. The van der Waals surface area contributed by atoms with E-state index in [2.05, 4.69) is 46.6 Å². The molecule has 22 heteroatoms. The molecule has 0 spiro atoms. The minimum atomic E-state index is -4.82. The minimum Gasteiger partial charge on any atom is -0.520 e. The zero-order valence-corrected chi connectivity index (χ0v) is 58.1. The van der Waals surface area contributed by atoms with Gasteiger partial charge in [0.2, 0.25) is 18.3 Å². The summed E-state index contributed by atoms with van der Waals surface area (Å²) in [5, 5.41) is 36.3. The van der Waals surface area contributed by atoms with E-state index in [0.717, 1.165) is 83.9 Å². The monoisotopic (exact) mass is 1400 g/mol. The number of aliphatic hydroxyl groups is 1. The Kier molecular flexibility index (Phi) is 24.9. The lowest BCUT2D eigenvalue weighted by Crippen LogP contribution is -2.37. The molecule has 0 radical (unpaired) electrons. The quantitative estimate of drug-likeness (QED) is 0.0336. The van der Waals surface area contributed by atoms with Crippen molar-refractivity contribution in [2.75, 3.05) is 19.4 Å². The molecule has 12 rings (SSSR count). The van der Waals surface area contributed by atoms with Gasteiger partial charge in [0.05, 0.1) is 65.2 Å². The summed E-state index contributed by atoms with van der Waals surface area (Å²) in [6.07, 6.45) is 3.67. The Morgan fingerprint density at radius 3 is 1.28 bits per heavy atom. The van der Waals surface area contributed by atoms with Crippen LogP contribution in [-0.2, 0) is 24.0 Å². The van der Waals surface area contributed by atoms with Crippen LogP contribution in [0.1, 0.15) is 91.4 Å². The van der Waals surface area contributed by atoms with Gasteiger partial charge in [-0.05, 0) is 187 Å². The molecule has 12 aromatic rings. The van der Waals surface area contributed by atoms with E-state index in [9.17, 15) is 49.8 Å². The molecule has 3 aromatic heterocycles. The molecule has 0 saturated carbocycles. The number of aromatic nitrogens is 6. The molecule has 5 unspecified atom stereocenters. The Morgan fingerprint density at radius 1 is 0.540 bits per heavy atom. The van der Waals surface area contributed by atoms with Crippen molar-refractivity contribution in [3.63, 3.8) is 0 Å². The minimum absolute atomic E-state index is 0.138. The Balaban J connectivity index is 0.000000165. The maximum atomic E-state index is 13.3. The molecule has 0 fully saturated rings. The zero-order valence-electron chi connectivity index (χ0n) is 56.3. The number of sulfonamides is 1. The molecule has 0 aliphatic carbocycles. The fourth-order valence-electron chi connectivity index (χ4n) is 11.8. The summed E-state index contributed by atoms with van der Waals surface area (Å²) in [5.41, 5.74) is 10.2. The number of ether oxygens (including phenoxy) is 1. The van der Waals surface area contributed by atoms with E-state index < -0.39 is 48.3 Å². The third kappa shape index (κ3) is 19.6. The van der Waals surface area contributed by atoms with Gasteiger partial charge in [0.1, 0.15) is 23.6 Å². The van der Waals surface area contributed by atoms with Gasteiger partial charge in [-0.1, -0.05) is 136 Å². The number of carboxylic acid groups (broad SMARTS) is 1. The van der Waals surface area contributed by atoms with E-state index in [1.54, 1.807) is 76.1 Å². The standard InChI is InChI=1S/C26H25F4N3O2S.C24H21FN2O2.C20H15FN2O.C8H18O2Si/c1-2-18(16-32-36(34,35)17-26(28,29)30)25(19-6-4-3-5-7-19)20-8-13-24-21(14-20)15-31-33(24)23-11-9-22(27)10-12-23;1-2-21(24(28)29)23(16-6-4-3-5-7-16)17-8-13-22-18(14-17)15-26-27(22)20-11-9-19(25)10-12-20;21-17-7-9-18(10-8-17)23-19-11-6-15(12-16(19)13-22-23)20(24)14-4-2-1-3-5-14;1-6-7-8(9-2)10-11(3,4)5/h3-15,18,25,32H,2,16-17H2,1H3;3-15,21,23H,2H2,1H3,(H,28,29);1-13,20,24H;7H,6H2,1-5H3/b;;;8-7-. The van der Waals surface area contributed by atoms with Gasteiger partial charge < -0.3 is 19.4 Å². The second kappa shape index (κ2) is 33.6. The van der Waals surface area contributed by atoms with E-state index in [1.807, 2.05) is 166 Å². The number of benzene rings is 9. The largest absolute Gasteiger partial charge is 0.520 e. The van der Waals surface area contributed by atoms with Crippen molar-refractivity contribution in [3.05, 3.63) is 300 Å². The number of alkyl halides is 3. The van der Waals surface area contributed by atoms with E-state index >= 15 is 0 Å². The van der Waals surface area contributed by atoms with Gasteiger partial charge in [0.25, 0.3) is 5.95 Å². The van der Waals surface area contributed by atoms with Crippen LogP contribution in [0.2, 0.25) is 19.6 Å². The molecule has 9 aromatic carbocycles. The van der Waals surface area contributed by atoms with E-state index in [1.165, 1.54) is 36.4 Å². The maximum Gasteiger partial charge on any atom is 0.404 e. The molecule has 100 heavy (non-hydrogen) atoms. The number of aliphatic carboxylic acids is 1. The topological polar surface area (TPSA) is 176 Å². The molecular formula is C78H79F6N7O7SSi. The van der Waals surface area contributed by atoms with Gasteiger partial charge in [-0.15, -0.1) is 0 Å². The van der Waals surface area contributed by atoms with Crippen LogP contribution >= 0.6 is 0 Å². The van der Waals surface area contributed by atoms with Crippen LogP contribution in [0.5, 0.6) is 0 Å². The number of hydrogen-bond acceptors (Lipinski definition) is 9. The number of nitrogens with one attached hydrogen (secondary N) is 1. The molecular weight excluding hydrogens is 1320 g/mol. The number of allylic oxidation sites excluding steroid dienone is 1. The summed E-state index contributed by atoms with van der Waals surface area (Å²) >= 11 is 0. The second-order valence-electron chi connectivity index (χ2n) is 24.7. The Labute approximate surface area is 579 Å². The number of fused-ring (bicyclic) bond motifs is 3. The third-order valence-corrected chi connectivity index (χ3v) is 18.6. The highest BCUT2D eigenvalue weighted by Gasteiger charge is 2.36. The summed E-state index contributed by atoms with van der Waals surface area (Å²) < 4.78 is 120. The van der Waals surface area contributed by atoms with Crippen molar-refractivity contribution >= 4 is 57.0 Å². The molecule has 0 aliphatic rings. The van der Waals surface area contributed by atoms with Gasteiger partial charge in [0, 0.05) is 34.5 Å². The maximum absolute atomic E-state index is 13.3. The van der Waals surface area contributed by atoms with Crippen LogP contribution in [0.3, 0.4) is 0 Å². The summed E-state index contributed by atoms with van der Waals surface area (Å²) in [7, 11) is -4.35. The lowest BCUT2D eigenvalue weighted by molar-refractivity contribution is -0.142. The smallest absolute Gasteiger partial charge is 0.404 e. The first kappa shape index (κ1) is 74.1. The van der Waals surface area contributed by atoms with Crippen LogP contribution in [0, 0.1) is 29.3 Å². The number of aliphatic hydroxyl groups excluding tert-OH is 1. The molecule has 3 N–H and O–H groups in total. The summed E-state index contributed by atoms with van der Waals surface area (Å²) in [6.45, 7) is 12.1. The van der Waals surface area contributed by atoms with Crippen molar-refractivity contribution in [1.29, 1.82) is 0 Å².